The predicted molar refractivity (Wildman–Crippen MR) is 68.8 cm³/mol. The number of halogens is 1. The fourth-order valence-corrected chi connectivity index (χ4v) is 2.39. The van der Waals surface area contributed by atoms with Crippen LogP contribution in [0.25, 0.3) is 0 Å². The van der Waals surface area contributed by atoms with Crippen molar-refractivity contribution < 1.29 is 14.3 Å². The Kier molecular flexibility index (Phi) is 5.18. The molecular formula is C12H18BrNO3. The summed E-state index contributed by atoms with van der Waals surface area (Å²) in [5.74, 6) is -0.113. The minimum Gasteiger partial charge on any atom is -0.463 e. The van der Waals surface area contributed by atoms with Crippen LogP contribution in [0.2, 0.25) is 0 Å². The Morgan fingerprint density at radius 1 is 1.59 bits per heavy atom. The van der Waals surface area contributed by atoms with Crippen LogP contribution in [0, 0.1) is 5.92 Å². The summed E-state index contributed by atoms with van der Waals surface area (Å²) in [6, 6.07) is -0.157. The van der Waals surface area contributed by atoms with E-state index in [2.05, 4.69) is 21.2 Å². The number of amides is 1. The van der Waals surface area contributed by atoms with Crippen molar-refractivity contribution in [3.05, 3.63) is 11.6 Å². The van der Waals surface area contributed by atoms with E-state index >= 15 is 0 Å². The van der Waals surface area contributed by atoms with Gasteiger partial charge in [0.15, 0.2) is 0 Å². The molecule has 4 nitrogen and oxygen atoms in total. The van der Waals surface area contributed by atoms with E-state index in [1.54, 1.807) is 13.0 Å². The number of esters is 1. The summed E-state index contributed by atoms with van der Waals surface area (Å²) < 4.78 is 4.98. The molecule has 96 valence electrons. The molecule has 0 bridgehead atoms. The number of hydrogen-bond donors (Lipinski definition) is 1. The molecule has 5 heteroatoms. The van der Waals surface area contributed by atoms with Gasteiger partial charge in [0.2, 0.25) is 5.91 Å². The molecule has 0 unspecified atom stereocenters. The third-order valence-electron chi connectivity index (χ3n) is 2.72. The van der Waals surface area contributed by atoms with Crippen molar-refractivity contribution in [3.63, 3.8) is 0 Å². The molecule has 1 aliphatic carbocycles. The van der Waals surface area contributed by atoms with Crippen molar-refractivity contribution in [1.82, 2.24) is 5.32 Å². The van der Waals surface area contributed by atoms with Gasteiger partial charge >= 0.3 is 5.97 Å². The molecule has 0 aromatic carbocycles. The highest BCUT2D eigenvalue weighted by Crippen LogP contribution is 2.30. The quantitative estimate of drug-likeness (QED) is 0.639. The molecule has 0 saturated carbocycles. The monoisotopic (exact) mass is 303 g/mol. The van der Waals surface area contributed by atoms with E-state index in [0.717, 1.165) is 0 Å². The van der Waals surface area contributed by atoms with E-state index in [1.807, 2.05) is 6.92 Å². The smallest absolute Gasteiger partial charge is 0.333 e. The number of nitrogens with one attached hydrogen (secondary N) is 1. The van der Waals surface area contributed by atoms with Crippen molar-refractivity contribution in [2.45, 2.75) is 38.1 Å². The minimum absolute atomic E-state index is 0.104. The number of rotatable bonds is 3. The second kappa shape index (κ2) is 6.19. The van der Waals surface area contributed by atoms with Crippen molar-refractivity contribution in [2.75, 3.05) is 6.61 Å². The first-order valence-electron chi connectivity index (χ1n) is 5.74. The van der Waals surface area contributed by atoms with Gasteiger partial charge in [-0.1, -0.05) is 28.9 Å². The largest absolute Gasteiger partial charge is 0.463 e. The van der Waals surface area contributed by atoms with Gasteiger partial charge in [-0.05, 0) is 19.3 Å². The molecule has 0 fully saturated rings. The Labute approximate surface area is 110 Å². The summed E-state index contributed by atoms with van der Waals surface area (Å²) in [7, 11) is 0. The summed E-state index contributed by atoms with van der Waals surface area (Å²) in [5, 5.41) is 2.82. The highest BCUT2D eigenvalue weighted by molar-refractivity contribution is 9.09. The van der Waals surface area contributed by atoms with Gasteiger partial charge in [0.05, 0.1) is 12.6 Å². The van der Waals surface area contributed by atoms with Gasteiger partial charge in [0, 0.05) is 17.3 Å². The first-order valence-corrected chi connectivity index (χ1v) is 6.66. The highest BCUT2D eigenvalue weighted by Gasteiger charge is 2.31. The normalized spacial score (nSPS) is 28.2. The van der Waals surface area contributed by atoms with Crippen molar-refractivity contribution in [2.24, 2.45) is 5.92 Å². The Morgan fingerprint density at radius 3 is 2.76 bits per heavy atom. The van der Waals surface area contributed by atoms with E-state index in [-0.39, 0.29) is 28.7 Å². The summed E-state index contributed by atoms with van der Waals surface area (Å²) in [6.45, 7) is 5.66. The van der Waals surface area contributed by atoms with Crippen LogP contribution in [-0.4, -0.2) is 29.4 Å². The molecule has 1 rings (SSSR count). The molecule has 1 N–H and O–H groups in total. The topological polar surface area (TPSA) is 55.4 Å². The summed E-state index contributed by atoms with van der Waals surface area (Å²) in [6.07, 6.45) is 2.46. The van der Waals surface area contributed by atoms with E-state index in [1.165, 1.54) is 6.92 Å². The molecule has 0 aromatic rings. The Balaban J connectivity index is 2.83. The maximum Gasteiger partial charge on any atom is 0.333 e. The summed E-state index contributed by atoms with van der Waals surface area (Å²) >= 11 is 3.55. The molecule has 0 radical (unpaired) electrons. The van der Waals surface area contributed by atoms with Crippen LogP contribution >= 0.6 is 15.9 Å². The number of carbonyl (C=O) groups excluding carboxylic acids is 2. The third kappa shape index (κ3) is 3.84. The zero-order valence-electron chi connectivity index (χ0n) is 10.3. The maximum atomic E-state index is 11.7. The van der Waals surface area contributed by atoms with Crippen LogP contribution in [-0.2, 0) is 14.3 Å². The zero-order chi connectivity index (χ0) is 13.0. The van der Waals surface area contributed by atoms with E-state index in [4.69, 9.17) is 4.74 Å². The SMILES string of the molecule is CCOC(=O)C1=C[C@H](NC(C)=O)[C@@H](Br)[C@@H](C)C1. The van der Waals surface area contributed by atoms with Gasteiger partial charge in [0.25, 0.3) is 0 Å². The number of hydrogen-bond acceptors (Lipinski definition) is 3. The zero-order valence-corrected chi connectivity index (χ0v) is 11.9. The molecular weight excluding hydrogens is 286 g/mol. The van der Waals surface area contributed by atoms with Gasteiger partial charge in [-0.2, -0.15) is 0 Å². The van der Waals surface area contributed by atoms with Crippen LogP contribution in [0.1, 0.15) is 27.2 Å². The first kappa shape index (κ1) is 14.2. The van der Waals surface area contributed by atoms with E-state index < -0.39 is 0 Å². The molecule has 0 aliphatic heterocycles. The fourth-order valence-electron chi connectivity index (χ4n) is 1.92. The number of carbonyl (C=O) groups is 2. The van der Waals surface area contributed by atoms with Crippen LogP contribution in [0.5, 0.6) is 0 Å². The Bertz CT molecular complexity index is 341. The Hall–Kier alpha value is -0.840. The maximum absolute atomic E-state index is 11.7. The average Bonchev–Trinajstić information content (AvgIpc) is 2.24. The van der Waals surface area contributed by atoms with Gasteiger partial charge in [-0.25, -0.2) is 4.79 Å². The molecule has 17 heavy (non-hydrogen) atoms. The van der Waals surface area contributed by atoms with Gasteiger partial charge < -0.3 is 10.1 Å². The molecule has 0 saturated heterocycles. The molecule has 3 atom stereocenters. The van der Waals surface area contributed by atoms with Crippen LogP contribution in [0.4, 0.5) is 0 Å². The van der Waals surface area contributed by atoms with Crippen molar-refractivity contribution in [3.8, 4) is 0 Å². The minimum atomic E-state index is -0.283. The van der Waals surface area contributed by atoms with Crippen LogP contribution < -0.4 is 5.32 Å². The number of ether oxygens (including phenoxy) is 1. The summed E-state index contributed by atoms with van der Waals surface area (Å²) in [5.41, 5.74) is 0.647. The Morgan fingerprint density at radius 2 is 2.24 bits per heavy atom. The van der Waals surface area contributed by atoms with Crippen molar-refractivity contribution >= 4 is 27.8 Å². The van der Waals surface area contributed by atoms with Crippen LogP contribution in [0.15, 0.2) is 11.6 Å². The second-order valence-electron chi connectivity index (χ2n) is 4.26. The number of alkyl halides is 1. The lowest BCUT2D eigenvalue weighted by atomic mass is 9.87. The van der Waals surface area contributed by atoms with Gasteiger partial charge in [-0.3, -0.25) is 4.79 Å². The summed E-state index contributed by atoms with van der Waals surface area (Å²) in [4.78, 5) is 22.9. The lowest BCUT2D eigenvalue weighted by Crippen LogP contribution is -2.44. The lowest BCUT2D eigenvalue weighted by molar-refractivity contribution is -0.139. The van der Waals surface area contributed by atoms with Crippen molar-refractivity contribution in [1.29, 1.82) is 0 Å². The highest BCUT2D eigenvalue weighted by atomic mass is 79.9. The standard InChI is InChI=1S/C12H18BrNO3/c1-4-17-12(16)9-5-7(2)11(13)10(6-9)14-8(3)15/h6-7,10-11H,4-5H2,1-3H3,(H,14,15)/t7-,10-,11-/m0/s1. The predicted octanol–water partition coefficient (Wildman–Crippen LogP) is 1.78. The van der Waals surface area contributed by atoms with E-state index in [9.17, 15) is 9.59 Å². The van der Waals surface area contributed by atoms with Gasteiger partial charge in [0.1, 0.15) is 0 Å². The first-order chi connectivity index (χ1) is 7.95. The average molecular weight is 304 g/mol. The lowest BCUT2D eigenvalue weighted by Gasteiger charge is -2.31. The molecule has 1 aliphatic rings. The fraction of sp³-hybridized carbons (Fsp3) is 0.667. The molecule has 0 heterocycles. The second-order valence-corrected chi connectivity index (χ2v) is 5.32. The van der Waals surface area contributed by atoms with Gasteiger partial charge in [-0.15, -0.1) is 0 Å². The molecule has 0 spiro atoms. The van der Waals surface area contributed by atoms with E-state index in [0.29, 0.717) is 18.6 Å². The third-order valence-corrected chi connectivity index (χ3v) is 4.19. The van der Waals surface area contributed by atoms with Crippen LogP contribution in [0.3, 0.4) is 0 Å². The molecule has 0 aromatic heterocycles. The molecule has 1 amide bonds.